The lowest BCUT2D eigenvalue weighted by molar-refractivity contribution is -0.394. The number of imide groups is 1. The maximum atomic E-state index is 13.1. The number of nitriles is 1. The summed E-state index contributed by atoms with van der Waals surface area (Å²) in [6.07, 6.45) is 1.39. The Morgan fingerprint density at radius 2 is 1.79 bits per heavy atom. The standard InChI is InChI=1S/C25H16N4O8S/c1-36-21-8-4-7-15(23(21)37-20-10-9-18(28(32)33)12-19(20)29(34)35)11-22-24(30)27(25(31)38-22)14-17-6-3-2-5-16(17)13-26/h2-12H,14H2,1H3/b22-11+. The summed E-state index contributed by atoms with van der Waals surface area (Å²) in [6, 6.07) is 16.2. The topological polar surface area (TPSA) is 166 Å². The van der Waals surface area contributed by atoms with Gasteiger partial charge in [-0.15, -0.1) is 0 Å². The van der Waals surface area contributed by atoms with E-state index in [1.165, 1.54) is 19.3 Å². The van der Waals surface area contributed by atoms with Crippen molar-refractivity contribution in [1.82, 2.24) is 4.90 Å². The molecule has 0 aromatic heterocycles. The maximum absolute atomic E-state index is 13.1. The Bertz CT molecular complexity index is 1560. The van der Waals surface area contributed by atoms with Crippen molar-refractivity contribution >= 4 is 40.4 Å². The average molecular weight is 532 g/mol. The molecule has 0 N–H and O–H groups in total. The van der Waals surface area contributed by atoms with Gasteiger partial charge in [0.1, 0.15) is 0 Å². The highest BCUT2D eigenvalue weighted by molar-refractivity contribution is 8.18. The van der Waals surface area contributed by atoms with Gasteiger partial charge in [-0.25, -0.2) is 0 Å². The third-order valence-electron chi connectivity index (χ3n) is 5.42. The van der Waals surface area contributed by atoms with Gasteiger partial charge < -0.3 is 9.47 Å². The molecule has 0 radical (unpaired) electrons. The van der Waals surface area contributed by atoms with E-state index in [2.05, 4.69) is 0 Å². The lowest BCUT2D eigenvalue weighted by Crippen LogP contribution is -2.27. The number of amides is 2. The minimum absolute atomic E-state index is 0.00595. The molecule has 1 saturated heterocycles. The van der Waals surface area contributed by atoms with Gasteiger partial charge in [0.2, 0.25) is 5.75 Å². The highest BCUT2D eigenvalue weighted by Crippen LogP contribution is 2.42. The summed E-state index contributed by atoms with van der Waals surface area (Å²) < 4.78 is 11.1. The largest absolute Gasteiger partial charge is 0.493 e. The van der Waals surface area contributed by atoms with Crippen LogP contribution in [0.15, 0.2) is 65.6 Å². The van der Waals surface area contributed by atoms with Gasteiger partial charge in [0.05, 0.1) is 46.1 Å². The van der Waals surface area contributed by atoms with Gasteiger partial charge in [0.25, 0.3) is 16.8 Å². The molecule has 12 nitrogen and oxygen atoms in total. The normalized spacial score (nSPS) is 13.9. The fourth-order valence-electron chi connectivity index (χ4n) is 3.59. The number of carbonyl (C=O) groups is 2. The number of nitrogens with zero attached hydrogens (tertiary/aromatic N) is 4. The number of rotatable bonds is 8. The van der Waals surface area contributed by atoms with Crippen LogP contribution < -0.4 is 9.47 Å². The van der Waals surface area contributed by atoms with E-state index < -0.39 is 32.4 Å². The molecule has 1 heterocycles. The van der Waals surface area contributed by atoms with E-state index in [1.54, 1.807) is 36.4 Å². The lowest BCUT2D eigenvalue weighted by Gasteiger charge is -2.14. The van der Waals surface area contributed by atoms with Crippen molar-refractivity contribution in [2.24, 2.45) is 0 Å². The zero-order valence-corrected chi connectivity index (χ0v) is 20.3. The minimum atomic E-state index is -0.818. The van der Waals surface area contributed by atoms with E-state index in [-0.39, 0.29) is 34.3 Å². The summed E-state index contributed by atoms with van der Waals surface area (Å²) in [4.78, 5) is 47.9. The number of hydrogen-bond donors (Lipinski definition) is 0. The molecule has 4 rings (SSSR count). The van der Waals surface area contributed by atoms with Gasteiger partial charge >= 0.3 is 5.69 Å². The number of methoxy groups -OCH3 is 1. The van der Waals surface area contributed by atoms with E-state index in [9.17, 15) is 35.1 Å². The maximum Gasteiger partial charge on any atom is 0.318 e. The average Bonchev–Trinajstić information content (AvgIpc) is 3.17. The molecule has 0 spiro atoms. The fourth-order valence-corrected chi connectivity index (χ4v) is 4.42. The summed E-state index contributed by atoms with van der Waals surface area (Å²) in [6.45, 7) is -0.0950. The van der Waals surface area contributed by atoms with Gasteiger partial charge in [-0.1, -0.05) is 30.3 Å². The third-order valence-corrected chi connectivity index (χ3v) is 6.33. The van der Waals surface area contributed by atoms with Gasteiger partial charge in [-0.2, -0.15) is 5.26 Å². The summed E-state index contributed by atoms with van der Waals surface area (Å²) in [5.74, 6) is -0.731. The van der Waals surface area contributed by atoms with Gasteiger partial charge in [0, 0.05) is 11.6 Å². The van der Waals surface area contributed by atoms with Crippen LogP contribution in [-0.4, -0.2) is 33.0 Å². The van der Waals surface area contributed by atoms with Gasteiger partial charge in [-0.05, 0) is 41.6 Å². The number of carbonyl (C=O) groups excluding carboxylic acids is 2. The van der Waals surface area contributed by atoms with Crippen LogP contribution in [0.1, 0.15) is 16.7 Å². The van der Waals surface area contributed by atoms with Crippen LogP contribution in [0.3, 0.4) is 0 Å². The number of thioether (sulfide) groups is 1. The van der Waals surface area contributed by atoms with Crippen LogP contribution in [0, 0.1) is 31.6 Å². The first-order valence-electron chi connectivity index (χ1n) is 10.7. The summed E-state index contributed by atoms with van der Waals surface area (Å²) in [5.41, 5.74) is -0.0263. The monoisotopic (exact) mass is 532 g/mol. The smallest absolute Gasteiger partial charge is 0.318 e. The number of non-ortho nitro benzene ring substituents is 1. The summed E-state index contributed by atoms with van der Waals surface area (Å²) >= 11 is 0.687. The van der Waals surface area contributed by atoms with Crippen molar-refractivity contribution in [2.75, 3.05) is 7.11 Å². The Balaban J connectivity index is 1.70. The zero-order valence-electron chi connectivity index (χ0n) is 19.5. The highest BCUT2D eigenvalue weighted by Gasteiger charge is 2.36. The highest BCUT2D eigenvalue weighted by atomic mass is 32.2. The molecule has 0 bridgehead atoms. The second-order valence-electron chi connectivity index (χ2n) is 7.68. The number of benzene rings is 3. The number of para-hydroxylation sites is 1. The first kappa shape index (κ1) is 25.9. The fraction of sp³-hybridized carbons (Fsp3) is 0.0800. The molecule has 1 fully saturated rings. The molecule has 0 saturated carbocycles. The van der Waals surface area contributed by atoms with Crippen molar-refractivity contribution in [3.05, 3.63) is 102 Å². The molecule has 3 aromatic rings. The van der Waals surface area contributed by atoms with Crippen molar-refractivity contribution in [3.8, 4) is 23.3 Å². The first-order chi connectivity index (χ1) is 18.2. The molecule has 1 aliphatic heterocycles. The van der Waals surface area contributed by atoms with Crippen molar-refractivity contribution in [1.29, 1.82) is 5.26 Å². The predicted molar refractivity (Wildman–Crippen MR) is 135 cm³/mol. The van der Waals surface area contributed by atoms with E-state index in [1.807, 2.05) is 6.07 Å². The Morgan fingerprint density at radius 1 is 1.03 bits per heavy atom. The Hall–Kier alpha value is -5.22. The second kappa shape index (κ2) is 10.8. The lowest BCUT2D eigenvalue weighted by atomic mass is 10.1. The molecular weight excluding hydrogens is 516 g/mol. The zero-order chi connectivity index (χ0) is 27.4. The summed E-state index contributed by atoms with van der Waals surface area (Å²) in [7, 11) is 1.34. The third kappa shape index (κ3) is 5.15. The molecule has 190 valence electrons. The molecule has 13 heteroatoms. The van der Waals surface area contributed by atoms with Crippen LogP contribution in [0.25, 0.3) is 6.08 Å². The van der Waals surface area contributed by atoms with Crippen LogP contribution in [0.2, 0.25) is 0 Å². The minimum Gasteiger partial charge on any atom is -0.493 e. The number of nitro groups is 2. The van der Waals surface area contributed by atoms with E-state index >= 15 is 0 Å². The van der Waals surface area contributed by atoms with Crippen LogP contribution in [0.5, 0.6) is 17.2 Å². The van der Waals surface area contributed by atoms with Crippen molar-refractivity contribution in [3.63, 3.8) is 0 Å². The Kier molecular flexibility index (Phi) is 7.36. The summed E-state index contributed by atoms with van der Waals surface area (Å²) in [5, 5.41) is 31.4. The van der Waals surface area contributed by atoms with E-state index in [0.29, 0.717) is 22.9 Å². The molecule has 1 aliphatic rings. The SMILES string of the molecule is COc1cccc(/C=C2/SC(=O)N(Cc3ccccc3C#N)C2=O)c1Oc1ccc([N+](=O)[O-])cc1[N+](=O)[O-]. The van der Waals surface area contributed by atoms with Crippen LogP contribution in [-0.2, 0) is 11.3 Å². The Morgan fingerprint density at radius 3 is 2.47 bits per heavy atom. The number of ether oxygens (including phenoxy) is 2. The van der Waals surface area contributed by atoms with Crippen molar-refractivity contribution in [2.45, 2.75) is 6.54 Å². The van der Waals surface area contributed by atoms with Crippen molar-refractivity contribution < 1.29 is 28.9 Å². The molecule has 0 aliphatic carbocycles. The number of hydrogen-bond acceptors (Lipinski definition) is 10. The number of nitro benzene ring substituents is 2. The molecule has 0 unspecified atom stereocenters. The van der Waals surface area contributed by atoms with Gasteiger partial charge in [-0.3, -0.25) is 34.7 Å². The molecule has 2 amide bonds. The Labute approximate surface area is 219 Å². The van der Waals surface area contributed by atoms with Crippen LogP contribution in [0.4, 0.5) is 16.2 Å². The van der Waals surface area contributed by atoms with E-state index in [0.717, 1.165) is 23.1 Å². The predicted octanol–water partition coefficient (Wildman–Crippen LogP) is 5.41. The quantitative estimate of drug-likeness (QED) is 0.208. The van der Waals surface area contributed by atoms with Gasteiger partial charge in [0.15, 0.2) is 11.5 Å². The van der Waals surface area contributed by atoms with Crippen LogP contribution >= 0.6 is 11.8 Å². The molecular formula is C25H16N4O8S. The molecule has 0 atom stereocenters. The second-order valence-corrected chi connectivity index (χ2v) is 8.68. The molecule has 3 aromatic carbocycles. The van der Waals surface area contributed by atoms with E-state index in [4.69, 9.17) is 9.47 Å². The molecule has 38 heavy (non-hydrogen) atoms. The first-order valence-corrected chi connectivity index (χ1v) is 11.6.